The smallest absolute Gasteiger partial charge is 0.246 e. The number of aryl methyl sites for hydroxylation is 1. The fraction of sp³-hybridized carbons (Fsp3) is 0.500. The van der Waals surface area contributed by atoms with Crippen LogP contribution in [0.4, 0.5) is 0 Å². The van der Waals surface area contributed by atoms with E-state index in [9.17, 15) is 9.59 Å². The number of carbonyl (C=O) groups excluding carboxylic acids is 2. The number of carbonyl (C=O) groups is 2. The Morgan fingerprint density at radius 1 is 1.38 bits per heavy atom. The van der Waals surface area contributed by atoms with Crippen LogP contribution in [0.25, 0.3) is 0 Å². The van der Waals surface area contributed by atoms with Crippen molar-refractivity contribution in [2.75, 3.05) is 26.8 Å². The summed E-state index contributed by atoms with van der Waals surface area (Å²) in [6.45, 7) is 1.38. The summed E-state index contributed by atoms with van der Waals surface area (Å²) in [7, 11) is 1.48. The van der Waals surface area contributed by atoms with Gasteiger partial charge in [0.1, 0.15) is 6.61 Å². The van der Waals surface area contributed by atoms with Gasteiger partial charge in [-0.25, -0.2) is 0 Å². The monoisotopic (exact) mass is 290 g/mol. The number of benzene rings is 1. The van der Waals surface area contributed by atoms with Crippen molar-refractivity contribution in [1.82, 2.24) is 10.2 Å². The molecule has 2 rings (SSSR count). The Morgan fingerprint density at radius 2 is 2.14 bits per heavy atom. The van der Waals surface area contributed by atoms with Crippen LogP contribution in [0.15, 0.2) is 30.3 Å². The van der Waals surface area contributed by atoms with E-state index in [0.717, 1.165) is 19.4 Å². The topological polar surface area (TPSA) is 58.6 Å². The van der Waals surface area contributed by atoms with Gasteiger partial charge in [-0.1, -0.05) is 30.3 Å². The Morgan fingerprint density at radius 3 is 2.86 bits per heavy atom. The van der Waals surface area contributed by atoms with E-state index >= 15 is 0 Å². The van der Waals surface area contributed by atoms with E-state index in [2.05, 4.69) is 17.4 Å². The maximum Gasteiger partial charge on any atom is 0.246 e. The molecule has 1 aliphatic heterocycles. The molecular weight excluding hydrogens is 268 g/mol. The van der Waals surface area contributed by atoms with Crippen molar-refractivity contribution in [3.8, 4) is 0 Å². The Labute approximate surface area is 125 Å². The first-order chi connectivity index (χ1) is 10.2. The number of methoxy groups -OCH3 is 1. The highest BCUT2D eigenvalue weighted by atomic mass is 16.5. The first-order valence-corrected chi connectivity index (χ1v) is 7.29. The molecule has 0 aromatic heterocycles. The molecule has 1 aromatic carbocycles. The first-order valence-electron chi connectivity index (χ1n) is 7.29. The van der Waals surface area contributed by atoms with E-state index in [-0.39, 0.29) is 24.5 Å². The number of nitrogens with zero attached hydrogens (tertiary/aromatic N) is 1. The molecule has 0 aliphatic carbocycles. The Balaban J connectivity index is 1.72. The van der Waals surface area contributed by atoms with Crippen LogP contribution in [0.5, 0.6) is 0 Å². The van der Waals surface area contributed by atoms with Gasteiger partial charge >= 0.3 is 0 Å². The van der Waals surface area contributed by atoms with Gasteiger partial charge in [0.2, 0.25) is 11.8 Å². The summed E-state index contributed by atoms with van der Waals surface area (Å²) < 4.78 is 4.77. The van der Waals surface area contributed by atoms with E-state index in [1.165, 1.54) is 12.7 Å². The predicted molar refractivity (Wildman–Crippen MR) is 79.8 cm³/mol. The standard InChI is InChI=1S/C16H22N2O3/c1-21-12-15(19)17-14-10-16(20)18(11-14)9-5-8-13-6-3-2-4-7-13/h2-4,6-7,14H,5,8-12H2,1H3,(H,17,19)/t14-/m0/s1. The lowest BCUT2D eigenvalue weighted by molar-refractivity contribution is -0.127. The second-order valence-electron chi connectivity index (χ2n) is 5.33. The molecule has 1 aliphatic rings. The molecule has 0 spiro atoms. The molecule has 1 atom stereocenters. The van der Waals surface area contributed by atoms with Gasteiger partial charge in [-0.15, -0.1) is 0 Å². The number of nitrogens with one attached hydrogen (secondary N) is 1. The molecule has 5 nitrogen and oxygen atoms in total. The molecule has 1 aromatic rings. The zero-order chi connectivity index (χ0) is 15.1. The zero-order valence-electron chi connectivity index (χ0n) is 12.4. The van der Waals surface area contributed by atoms with E-state index in [0.29, 0.717) is 13.0 Å². The van der Waals surface area contributed by atoms with Crippen LogP contribution < -0.4 is 5.32 Å². The number of rotatable bonds is 7. The quantitative estimate of drug-likeness (QED) is 0.814. The maximum atomic E-state index is 11.9. The van der Waals surface area contributed by atoms with Crippen molar-refractivity contribution < 1.29 is 14.3 Å². The minimum absolute atomic E-state index is 0.0404. The number of amides is 2. The van der Waals surface area contributed by atoms with E-state index < -0.39 is 0 Å². The third-order valence-corrected chi connectivity index (χ3v) is 3.59. The minimum atomic E-state index is -0.165. The van der Waals surface area contributed by atoms with E-state index in [1.807, 2.05) is 23.1 Å². The van der Waals surface area contributed by atoms with Crippen molar-refractivity contribution in [2.45, 2.75) is 25.3 Å². The average Bonchev–Trinajstić information content (AvgIpc) is 2.80. The molecule has 21 heavy (non-hydrogen) atoms. The lowest BCUT2D eigenvalue weighted by Gasteiger charge is -2.17. The molecule has 1 saturated heterocycles. The molecule has 0 unspecified atom stereocenters. The van der Waals surface area contributed by atoms with E-state index in [1.54, 1.807) is 0 Å². The van der Waals surface area contributed by atoms with Crippen molar-refractivity contribution in [1.29, 1.82) is 0 Å². The second-order valence-corrected chi connectivity index (χ2v) is 5.33. The first kappa shape index (κ1) is 15.5. The lowest BCUT2D eigenvalue weighted by Crippen LogP contribution is -2.39. The van der Waals surface area contributed by atoms with Crippen LogP contribution in [-0.2, 0) is 20.7 Å². The SMILES string of the molecule is COCC(=O)N[C@H]1CC(=O)N(CCCc2ccccc2)C1. The number of likely N-dealkylation sites (tertiary alicyclic amines) is 1. The zero-order valence-corrected chi connectivity index (χ0v) is 12.4. The van der Waals surface area contributed by atoms with Crippen LogP contribution in [0, 0.1) is 0 Å². The normalized spacial score (nSPS) is 18.0. The molecule has 0 bridgehead atoms. The van der Waals surface area contributed by atoms with Gasteiger partial charge in [-0.05, 0) is 18.4 Å². The summed E-state index contributed by atoms with van der Waals surface area (Å²) >= 11 is 0. The molecule has 2 amide bonds. The fourth-order valence-corrected chi connectivity index (χ4v) is 2.60. The van der Waals surface area contributed by atoms with Crippen LogP contribution in [0.2, 0.25) is 0 Å². The second kappa shape index (κ2) is 7.78. The molecule has 5 heteroatoms. The van der Waals surface area contributed by atoms with Gasteiger partial charge in [0.05, 0.1) is 6.04 Å². The third kappa shape index (κ3) is 4.86. The predicted octanol–water partition coefficient (Wildman–Crippen LogP) is 0.983. The van der Waals surface area contributed by atoms with Crippen LogP contribution in [0.1, 0.15) is 18.4 Å². The van der Waals surface area contributed by atoms with E-state index in [4.69, 9.17) is 4.74 Å². The molecule has 1 fully saturated rings. The summed E-state index contributed by atoms with van der Waals surface area (Å²) in [4.78, 5) is 25.2. The number of hydrogen-bond acceptors (Lipinski definition) is 3. The van der Waals surface area contributed by atoms with Gasteiger partial charge in [0.15, 0.2) is 0 Å². The molecule has 1 heterocycles. The van der Waals surface area contributed by atoms with Crippen LogP contribution >= 0.6 is 0 Å². The third-order valence-electron chi connectivity index (χ3n) is 3.59. The van der Waals surface area contributed by atoms with Gasteiger partial charge < -0.3 is 15.0 Å². The lowest BCUT2D eigenvalue weighted by atomic mass is 10.1. The van der Waals surface area contributed by atoms with Crippen LogP contribution in [-0.4, -0.2) is 49.6 Å². The van der Waals surface area contributed by atoms with Gasteiger partial charge in [0, 0.05) is 26.6 Å². The van der Waals surface area contributed by atoms with Gasteiger partial charge in [0.25, 0.3) is 0 Å². The van der Waals surface area contributed by atoms with Gasteiger partial charge in [-0.2, -0.15) is 0 Å². The highest BCUT2D eigenvalue weighted by Crippen LogP contribution is 2.12. The minimum Gasteiger partial charge on any atom is -0.375 e. The van der Waals surface area contributed by atoms with Crippen molar-refractivity contribution >= 4 is 11.8 Å². The average molecular weight is 290 g/mol. The Kier molecular flexibility index (Phi) is 5.75. The Hall–Kier alpha value is -1.88. The molecule has 1 N–H and O–H groups in total. The highest BCUT2D eigenvalue weighted by molar-refractivity contribution is 5.82. The summed E-state index contributed by atoms with van der Waals surface area (Å²) in [6, 6.07) is 10.2. The highest BCUT2D eigenvalue weighted by Gasteiger charge is 2.29. The summed E-state index contributed by atoms with van der Waals surface area (Å²) in [6.07, 6.45) is 2.29. The molecule has 114 valence electrons. The Bertz CT molecular complexity index is 476. The maximum absolute atomic E-state index is 11.9. The molecule has 0 radical (unpaired) electrons. The van der Waals surface area contributed by atoms with Crippen molar-refractivity contribution in [3.05, 3.63) is 35.9 Å². The fourth-order valence-electron chi connectivity index (χ4n) is 2.60. The largest absolute Gasteiger partial charge is 0.375 e. The van der Waals surface area contributed by atoms with Crippen molar-refractivity contribution in [3.63, 3.8) is 0 Å². The number of hydrogen-bond donors (Lipinski definition) is 1. The number of ether oxygens (including phenoxy) is 1. The van der Waals surface area contributed by atoms with Crippen molar-refractivity contribution in [2.24, 2.45) is 0 Å². The van der Waals surface area contributed by atoms with Gasteiger partial charge in [-0.3, -0.25) is 9.59 Å². The summed E-state index contributed by atoms with van der Waals surface area (Å²) in [5, 5.41) is 2.82. The molecular formula is C16H22N2O3. The summed E-state index contributed by atoms with van der Waals surface area (Å²) in [5.41, 5.74) is 1.29. The molecule has 0 saturated carbocycles. The van der Waals surface area contributed by atoms with Crippen LogP contribution in [0.3, 0.4) is 0 Å². The summed E-state index contributed by atoms with van der Waals surface area (Å²) in [5.74, 6) is -0.0489.